The largest absolute Gasteiger partial charge is 0.463 e. The van der Waals surface area contributed by atoms with Crippen LogP contribution in [0.1, 0.15) is 35.7 Å². The van der Waals surface area contributed by atoms with E-state index in [2.05, 4.69) is 15.4 Å². The lowest BCUT2D eigenvalue weighted by Gasteiger charge is -2.20. The maximum Gasteiger partial charge on any atom is 0.416 e. The fourth-order valence-corrected chi connectivity index (χ4v) is 3.82. The van der Waals surface area contributed by atoms with Crippen LogP contribution in [0.15, 0.2) is 59.8 Å². The Kier molecular flexibility index (Phi) is 7.94. The van der Waals surface area contributed by atoms with Crippen LogP contribution < -0.4 is 15.4 Å². The van der Waals surface area contributed by atoms with Crippen LogP contribution in [-0.2, 0) is 27.0 Å². The predicted molar refractivity (Wildman–Crippen MR) is 120 cm³/mol. The van der Waals surface area contributed by atoms with Crippen molar-refractivity contribution in [1.82, 2.24) is 5.32 Å². The molecule has 4 N–H and O–H groups in total. The quantitative estimate of drug-likeness (QED) is 0.323. The minimum absolute atomic E-state index is 0.121. The van der Waals surface area contributed by atoms with Crippen LogP contribution in [-0.4, -0.2) is 33.3 Å². The highest BCUT2D eigenvalue weighted by Crippen LogP contribution is 2.33. The second kappa shape index (κ2) is 10.7. The van der Waals surface area contributed by atoms with E-state index in [4.69, 9.17) is 9.29 Å². The van der Waals surface area contributed by atoms with E-state index >= 15 is 0 Å². The van der Waals surface area contributed by atoms with Crippen LogP contribution in [0.25, 0.3) is 0 Å². The van der Waals surface area contributed by atoms with E-state index in [0.717, 1.165) is 12.1 Å². The van der Waals surface area contributed by atoms with Gasteiger partial charge in [0.1, 0.15) is 0 Å². The van der Waals surface area contributed by atoms with Crippen molar-refractivity contribution in [3.05, 3.63) is 70.9 Å². The average Bonchev–Trinajstić information content (AvgIpc) is 3.15. The summed E-state index contributed by atoms with van der Waals surface area (Å²) in [5.41, 5.74) is 0.328. The van der Waals surface area contributed by atoms with E-state index in [1.807, 2.05) is 0 Å². The van der Waals surface area contributed by atoms with Crippen molar-refractivity contribution < 1.29 is 36.3 Å². The summed E-state index contributed by atoms with van der Waals surface area (Å²) in [7, 11) is 0. The fourth-order valence-electron chi connectivity index (χ4n) is 3.49. The fraction of sp³-hybridized carbons (Fsp3) is 0.273. The third kappa shape index (κ3) is 6.35. The monoisotopic (exact) mass is 497 g/mol. The molecule has 0 bridgehead atoms. The molecule has 2 aromatic carbocycles. The van der Waals surface area contributed by atoms with Gasteiger partial charge in [0.2, 0.25) is 0 Å². The lowest BCUT2D eigenvalue weighted by Crippen LogP contribution is -2.33. The Labute approximate surface area is 196 Å². The topological polar surface area (TPSA) is 117 Å². The second-order valence-electron chi connectivity index (χ2n) is 7.31. The zero-order chi connectivity index (χ0) is 24.9. The van der Waals surface area contributed by atoms with Crippen LogP contribution in [0.3, 0.4) is 0 Å². The van der Waals surface area contributed by atoms with Gasteiger partial charge < -0.3 is 15.4 Å². The second-order valence-corrected chi connectivity index (χ2v) is 8.01. The van der Waals surface area contributed by atoms with Crippen LogP contribution >= 0.6 is 0 Å². The van der Waals surface area contributed by atoms with Gasteiger partial charge in [0.15, 0.2) is 0 Å². The lowest BCUT2D eigenvalue weighted by atomic mass is 10.1. The molecule has 0 spiro atoms. The number of carbonyl (C=O) groups is 2. The molecule has 0 aromatic heterocycles. The van der Waals surface area contributed by atoms with Crippen LogP contribution in [0.5, 0.6) is 0 Å². The molecule has 0 saturated heterocycles. The maximum absolute atomic E-state index is 13.1. The first-order valence-electron chi connectivity index (χ1n) is 10.2. The summed E-state index contributed by atoms with van der Waals surface area (Å²) in [4.78, 5) is 25.3. The van der Waals surface area contributed by atoms with Crippen molar-refractivity contribution in [3.63, 3.8) is 0 Å². The lowest BCUT2D eigenvalue weighted by molar-refractivity contribution is -0.139. The summed E-state index contributed by atoms with van der Waals surface area (Å²) in [5, 5.41) is 5.65. The molecule has 8 nitrogen and oxygen atoms in total. The predicted octanol–water partition coefficient (Wildman–Crippen LogP) is 4.08. The molecule has 2 atom stereocenters. The molecule has 0 aliphatic heterocycles. The van der Waals surface area contributed by atoms with Gasteiger partial charge in [0, 0.05) is 16.9 Å². The van der Waals surface area contributed by atoms with E-state index in [9.17, 15) is 27.0 Å². The number of hydrogen-bond donors (Lipinski definition) is 4. The molecule has 3 rings (SSSR count). The van der Waals surface area contributed by atoms with Crippen molar-refractivity contribution >= 4 is 34.5 Å². The summed E-state index contributed by atoms with van der Waals surface area (Å²) < 4.78 is 66.3. The number of esters is 1. The molecule has 12 heteroatoms. The van der Waals surface area contributed by atoms with Gasteiger partial charge in [-0.2, -0.15) is 13.2 Å². The molecular formula is C22H22F3N3O5S. The van der Waals surface area contributed by atoms with Gasteiger partial charge in [-0.25, -0.2) is 9.00 Å². The number of anilines is 2. The Morgan fingerprint density at radius 2 is 1.85 bits per heavy atom. The molecular weight excluding hydrogens is 475 g/mol. The number of amides is 1. The van der Waals surface area contributed by atoms with Crippen molar-refractivity contribution in [1.29, 1.82) is 0 Å². The molecule has 182 valence electrons. The summed E-state index contributed by atoms with van der Waals surface area (Å²) in [6.07, 6.45) is -3.90. The van der Waals surface area contributed by atoms with Gasteiger partial charge in [-0.1, -0.05) is 6.07 Å². The minimum atomic E-state index is -4.51. The SMILES string of the molecule is CCOC(=O)C1=C(NC(=O)c2ccc(NS(=O)O)cc2)C(Nc2cccc(C(F)(F)F)c2)CC1. The molecule has 0 heterocycles. The van der Waals surface area contributed by atoms with E-state index < -0.39 is 40.9 Å². The summed E-state index contributed by atoms with van der Waals surface area (Å²) in [6, 6.07) is 9.69. The number of ether oxygens (including phenoxy) is 1. The zero-order valence-corrected chi connectivity index (χ0v) is 18.8. The van der Waals surface area contributed by atoms with E-state index in [1.165, 1.54) is 36.4 Å². The van der Waals surface area contributed by atoms with Crippen LogP contribution in [0.4, 0.5) is 24.5 Å². The molecule has 0 radical (unpaired) electrons. The van der Waals surface area contributed by atoms with E-state index in [1.54, 1.807) is 6.92 Å². The van der Waals surface area contributed by atoms with E-state index in [-0.39, 0.29) is 35.5 Å². The highest BCUT2D eigenvalue weighted by molar-refractivity contribution is 7.80. The summed E-state index contributed by atoms with van der Waals surface area (Å²) >= 11 is -2.27. The number of hydrogen-bond acceptors (Lipinski definition) is 5. The Balaban J connectivity index is 1.85. The minimum Gasteiger partial charge on any atom is -0.463 e. The molecule has 0 fully saturated rings. The molecule has 1 aliphatic rings. The van der Waals surface area contributed by atoms with Gasteiger partial charge in [-0.3, -0.25) is 14.1 Å². The first kappa shape index (κ1) is 25.2. The average molecular weight is 497 g/mol. The zero-order valence-electron chi connectivity index (χ0n) is 17.9. The van der Waals surface area contributed by atoms with E-state index in [0.29, 0.717) is 12.1 Å². The third-order valence-electron chi connectivity index (χ3n) is 5.01. The van der Waals surface area contributed by atoms with Crippen molar-refractivity contribution in [3.8, 4) is 0 Å². The number of rotatable bonds is 8. The highest BCUT2D eigenvalue weighted by Gasteiger charge is 2.33. The summed E-state index contributed by atoms with van der Waals surface area (Å²) in [5.74, 6) is -1.18. The van der Waals surface area contributed by atoms with Gasteiger partial charge in [-0.05, 0) is 62.2 Å². The number of halogens is 3. The van der Waals surface area contributed by atoms with Gasteiger partial charge in [0.05, 0.1) is 29.5 Å². The van der Waals surface area contributed by atoms with Gasteiger partial charge in [0.25, 0.3) is 17.2 Å². The Hall–Kier alpha value is -3.38. The first-order chi connectivity index (χ1) is 16.1. The number of nitrogens with one attached hydrogen (secondary N) is 3. The molecule has 2 aromatic rings. The number of carbonyl (C=O) groups excluding carboxylic acids is 2. The maximum atomic E-state index is 13.1. The molecule has 0 saturated carbocycles. The Morgan fingerprint density at radius 3 is 2.47 bits per heavy atom. The van der Waals surface area contributed by atoms with Crippen molar-refractivity contribution in [2.45, 2.75) is 32.0 Å². The normalized spacial score (nSPS) is 16.7. The molecule has 34 heavy (non-hydrogen) atoms. The smallest absolute Gasteiger partial charge is 0.416 e. The van der Waals surface area contributed by atoms with Crippen LogP contribution in [0, 0.1) is 0 Å². The number of alkyl halides is 3. The number of benzene rings is 2. The molecule has 2 unspecified atom stereocenters. The third-order valence-corrected chi connectivity index (χ3v) is 5.42. The molecule has 1 aliphatic carbocycles. The molecule has 1 amide bonds. The Morgan fingerprint density at radius 1 is 1.15 bits per heavy atom. The van der Waals surface area contributed by atoms with Crippen LogP contribution in [0.2, 0.25) is 0 Å². The standard InChI is InChI=1S/C22H22F3N3O5S/c1-2-33-21(30)17-10-11-18(26-16-5-3-4-14(12-16)22(23,24)25)19(17)27-20(29)13-6-8-15(9-7-13)28-34(31)32/h3-9,12,18,26,28H,2,10-11H2,1H3,(H,27,29)(H,31,32). The Bertz CT molecular complexity index is 1120. The first-order valence-corrected chi connectivity index (χ1v) is 11.3. The van der Waals surface area contributed by atoms with Crippen molar-refractivity contribution in [2.75, 3.05) is 16.6 Å². The summed E-state index contributed by atoms with van der Waals surface area (Å²) in [6.45, 7) is 1.76. The van der Waals surface area contributed by atoms with Gasteiger partial charge in [-0.15, -0.1) is 0 Å². The highest BCUT2D eigenvalue weighted by atomic mass is 32.2. The van der Waals surface area contributed by atoms with Crippen molar-refractivity contribution in [2.24, 2.45) is 0 Å². The van der Waals surface area contributed by atoms with Gasteiger partial charge >= 0.3 is 12.1 Å².